The highest BCUT2D eigenvalue weighted by atomic mass is 19.1. The van der Waals surface area contributed by atoms with Gasteiger partial charge < -0.3 is 10.2 Å². The Morgan fingerprint density at radius 2 is 2.13 bits per heavy atom. The summed E-state index contributed by atoms with van der Waals surface area (Å²) in [7, 11) is 2.14. The van der Waals surface area contributed by atoms with Gasteiger partial charge in [0.25, 0.3) is 0 Å². The van der Waals surface area contributed by atoms with Crippen molar-refractivity contribution >= 4 is 0 Å². The van der Waals surface area contributed by atoms with Crippen molar-refractivity contribution in [2.24, 2.45) is 0 Å². The van der Waals surface area contributed by atoms with Gasteiger partial charge in [-0.3, -0.25) is 0 Å². The summed E-state index contributed by atoms with van der Waals surface area (Å²) in [5, 5.41) is 3.48. The fraction of sp³-hybridized carbons (Fsp3) is 0.500. The molecule has 0 aliphatic carbocycles. The van der Waals surface area contributed by atoms with E-state index in [1.54, 1.807) is 0 Å². The van der Waals surface area contributed by atoms with E-state index in [0.29, 0.717) is 6.04 Å². The zero-order valence-corrected chi connectivity index (χ0v) is 9.04. The van der Waals surface area contributed by atoms with Crippen LogP contribution in [-0.4, -0.2) is 31.1 Å². The molecule has 1 aromatic rings. The Morgan fingerprint density at radius 1 is 1.40 bits per heavy atom. The molecule has 1 heterocycles. The van der Waals surface area contributed by atoms with Crippen LogP contribution in [0.15, 0.2) is 24.3 Å². The molecular weight excluding hydrogens is 191 g/mol. The SMILES string of the molecule is CN1CC[C@@H](NCc2ccc(F)cc2)C1. The van der Waals surface area contributed by atoms with Crippen LogP contribution in [0, 0.1) is 5.82 Å². The second-order valence-corrected chi connectivity index (χ2v) is 4.26. The minimum absolute atomic E-state index is 0.167. The molecule has 0 saturated carbocycles. The maximum Gasteiger partial charge on any atom is 0.123 e. The fourth-order valence-corrected chi connectivity index (χ4v) is 1.97. The first-order chi connectivity index (χ1) is 7.24. The van der Waals surface area contributed by atoms with E-state index in [2.05, 4.69) is 17.3 Å². The number of nitrogens with one attached hydrogen (secondary N) is 1. The van der Waals surface area contributed by atoms with E-state index < -0.39 is 0 Å². The number of nitrogens with zero attached hydrogens (tertiary/aromatic N) is 1. The number of rotatable bonds is 3. The van der Waals surface area contributed by atoms with Crippen molar-refractivity contribution in [3.63, 3.8) is 0 Å². The van der Waals surface area contributed by atoms with Gasteiger partial charge in [-0.15, -0.1) is 0 Å². The lowest BCUT2D eigenvalue weighted by molar-refractivity contribution is 0.397. The number of likely N-dealkylation sites (tertiary alicyclic amines) is 1. The van der Waals surface area contributed by atoms with Gasteiger partial charge in [-0.05, 0) is 37.7 Å². The van der Waals surface area contributed by atoms with Gasteiger partial charge in [-0.1, -0.05) is 12.1 Å². The summed E-state index contributed by atoms with van der Waals surface area (Å²) in [6.45, 7) is 3.11. The highest BCUT2D eigenvalue weighted by Gasteiger charge is 2.18. The van der Waals surface area contributed by atoms with Crippen molar-refractivity contribution in [3.8, 4) is 0 Å². The molecule has 1 aliphatic rings. The predicted octanol–water partition coefficient (Wildman–Crippen LogP) is 1.62. The Labute approximate surface area is 90.1 Å². The lowest BCUT2D eigenvalue weighted by atomic mass is 10.2. The van der Waals surface area contributed by atoms with Gasteiger partial charge in [0.15, 0.2) is 0 Å². The quantitative estimate of drug-likeness (QED) is 0.812. The van der Waals surface area contributed by atoms with Crippen molar-refractivity contribution < 1.29 is 4.39 Å². The van der Waals surface area contributed by atoms with Crippen LogP contribution in [0.3, 0.4) is 0 Å². The highest BCUT2D eigenvalue weighted by molar-refractivity contribution is 5.15. The Morgan fingerprint density at radius 3 is 2.73 bits per heavy atom. The van der Waals surface area contributed by atoms with Crippen LogP contribution in [0.2, 0.25) is 0 Å². The normalized spacial score (nSPS) is 22.1. The third-order valence-electron chi connectivity index (χ3n) is 2.90. The van der Waals surface area contributed by atoms with Gasteiger partial charge in [0, 0.05) is 19.1 Å². The summed E-state index contributed by atoms with van der Waals surface area (Å²) in [5.74, 6) is -0.167. The maximum atomic E-state index is 12.7. The van der Waals surface area contributed by atoms with Crippen LogP contribution in [0.25, 0.3) is 0 Å². The first kappa shape index (κ1) is 10.6. The lowest BCUT2D eigenvalue weighted by Crippen LogP contribution is -2.30. The van der Waals surface area contributed by atoms with Gasteiger partial charge in [0.1, 0.15) is 5.82 Å². The molecule has 1 aliphatic heterocycles. The van der Waals surface area contributed by atoms with Gasteiger partial charge in [-0.2, -0.15) is 0 Å². The van der Waals surface area contributed by atoms with Crippen LogP contribution < -0.4 is 5.32 Å². The molecule has 0 unspecified atom stereocenters. The molecule has 3 heteroatoms. The van der Waals surface area contributed by atoms with E-state index in [4.69, 9.17) is 0 Å². The van der Waals surface area contributed by atoms with Crippen LogP contribution >= 0.6 is 0 Å². The average Bonchev–Trinajstić information content (AvgIpc) is 2.64. The number of hydrogen-bond acceptors (Lipinski definition) is 2. The van der Waals surface area contributed by atoms with Gasteiger partial charge in [0.2, 0.25) is 0 Å². The Hall–Kier alpha value is -0.930. The van der Waals surface area contributed by atoms with E-state index in [1.807, 2.05) is 12.1 Å². The van der Waals surface area contributed by atoms with E-state index in [9.17, 15) is 4.39 Å². The molecule has 0 spiro atoms. The maximum absolute atomic E-state index is 12.7. The molecule has 1 atom stereocenters. The molecule has 1 N–H and O–H groups in total. The third kappa shape index (κ3) is 3.01. The summed E-state index contributed by atoms with van der Waals surface area (Å²) in [4.78, 5) is 2.32. The van der Waals surface area contributed by atoms with Crippen molar-refractivity contribution in [2.45, 2.75) is 19.0 Å². The summed E-state index contributed by atoms with van der Waals surface area (Å²) < 4.78 is 12.7. The number of halogens is 1. The Bertz CT molecular complexity index is 310. The van der Waals surface area contributed by atoms with Crippen LogP contribution in [0.1, 0.15) is 12.0 Å². The molecule has 0 bridgehead atoms. The minimum Gasteiger partial charge on any atom is -0.309 e. The molecule has 0 aromatic heterocycles. The molecule has 2 nitrogen and oxygen atoms in total. The standard InChI is InChI=1S/C12H17FN2/c1-15-7-6-12(9-15)14-8-10-2-4-11(13)5-3-10/h2-5,12,14H,6-9H2,1H3/t12-/m1/s1. The van der Waals surface area contributed by atoms with Gasteiger partial charge in [-0.25, -0.2) is 4.39 Å². The summed E-state index contributed by atoms with van der Waals surface area (Å²) >= 11 is 0. The second kappa shape index (κ2) is 4.73. The van der Waals surface area contributed by atoms with E-state index in [-0.39, 0.29) is 5.82 Å². The summed E-state index contributed by atoms with van der Waals surface area (Å²) in [6.07, 6.45) is 1.21. The molecule has 0 amide bonds. The monoisotopic (exact) mass is 208 g/mol. The Kier molecular flexibility index (Phi) is 3.34. The molecule has 1 fully saturated rings. The highest BCUT2D eigenvalue weighted by Crippen LogP contribution is 2.08. The van der Waals surface area contributed by atoms with Crippen molar-refractivity contribution in [1.29, 1.82) is 0 Å². The van der Waals surface area contributed by atoms with Gasteiger partial charge >= 0.3 is 0 Å². The van der Waals surface area contributed by atoms with Gasteiger partial charge in [0.05, 0.1) is 0 Å². The molecular formula is C12H17FN2. The molecule has 2 rings (SSSR count). The van der Waals surface area contributed by atoms with Crippen LogP contribution in [0.5, 0.6) is 0 Å². The fourth-order valence-electron chi connectivity index (χ4n) is 1.97. The molecule has 82 valence electrons. The predicted molar refractivity (Wildman–Crippen MR) is 59.1 cm³/mol. The van der Waals surface area contributed by atoms with E-state index in [1.165, 1.54) is 25.1 Å². The van der Waals surface area contributed by atoms with E-state index >= 15 is 0 Å². The first-order valence-electron chi connectivity index (χ1n) is 5.40. The minimum atomic E-state index is -0.167. The van der Waals surface area contributed by atoms with Crippen molar-refractivity contribution in [3.05, 3.63) is 35.6 Å². The first-order valence-corrected chi connectivity index (χ1v) is 5.40. The second-order valence-electron chi connectivity index (χ2n) is 4.26. The smallest absolute Gasteiger partial charge is 0.123 e. The average molecular weight is 208 g/mol. The summed E-state index contributed by atoms with van der Waals surface area (Å²) in [6, 6.07) is 7.28. The van der Waals surface area contributed by atoms with E-state index in [0.717, 1.165) is 18.7 Å². The molecule has 1 aromatic carbocycles. The summed E-state index contributed by atoms with van der Waals surface area (Å²) in [5.41, 5.74) is 1.14. The molecule has 0 radical (unpaired) electrons. The zero-order valence-electron chi connectivity index (χ0n) is 9.04. The molecule has 1 saturated heterocycles. The van der Waals surface area contributed by atoms with Crippen LogP contribution in [-0.2, 0) is 6.54 Å². The zero-order chi connectivity index (χ0) is 10.7. The number of benzene rings is 1. The van der Waals surface area contributed by atoms with Crippen molar-refractivity contribution in [2.75, 3.05) is 20.1 Å². The largest absolute Gasteiger partial charge is 0.309 e. The Balaban J connectivity index is 1.80. The molecule has 15 heavy (non-hydrogen) atoms. The van der Waals surface area contributed by atoms with Crippen molar-refractivity contribution in [1.82, 2.24) is 10.2 Å². The van der Waals surface area contributed by atoms with Crippen LogP contribution in [0.4, 0.5) is 4.39 Å². The third-order valence-corrected chi connectivity index (χ3v) is 2.90. The lowest BCUT2D eigenvalue weighted by Gasteiger charge is -2.12. The topological polar surface area (TPSA) is 15.3 Å². The number of likely N-dealkylation sites (N-methyl/N-ethyl adjacent to an activating group) is 1. The number of hydrogen-bond donors (Lipinski definition) is 1.